The monoisotopic (exact) mass is 294 g/mol. The molecule has 0 spiro atoms. The van der Waals surface area contributed by atoms with Gasteiger partial charge in [0.05, 0.1) is 11.3 Å². The van der Waals surface area contributed by atoms with Crippen LogP contribution in [0.4, 0.5) is 10.5 Å². The average molecular weight is 294 g/mol. The summed E-state index contributed by atoms with van der Waals surface area (Å²) >= 11 is 1.83. The Hall–Kier alpha value is -1.69. The number of hydrogen-bond donors (Lipinski definition) is 2. The fraction of sp³-hybridized carbons (Fsp3) is 0.429. The number of nitrogens with one attached hydrogen (secondary N) is 1. The van der Waals surface area contributed by atoms with Crippen LogP contribution in [0.15, 0.2) is 18.2 Å². The number of amides is 2. The van der Waals surface area contributed by atoms with Gasteiger partial charge in [0, 0.05) is 24.1 Å². The first-order chi connectivity index (χ1) is 9.50. The van der Waals surface area contributed by atoms with E-state index in [1.54, 1.807) is 24.0 Å². The number of thioether (sulfide) groups is 1. The number of para-hydroxylation sites is 1. The second-order valence-corrected chi connectivity index (χ2v) is 6.00. The van der Waals surface area contributed by atoms with E-state index in [2.05, 4.69) is 5.32 Å². The molecule has 5 nitrogen and oxygen atoms in total. The van der Waals surface area contributed by atoms with Crippen molar-refractivity contribution in [1.82, 2.24) is 4.90 Å². The van der Waals surface area contributed by atoms with Crippen molar-refractivity contribution in [1.29, 1.82) is 0 Å². The van der Waals surface area contributed by atoms with Crippen LogP contribution in [0.25, 0.3) is 0 Å². The van der Waals surface area contributed by atoms with Gasteiger partial charge in [0.25, 0.3) is 0 Å². The van der Waals surface area contributed by atoms with E-state index in [9.17, 15) is 14.7 Å². The lowest BCUT2D eigenvalue weighted by Gasteiger charge is -2.33. The highest BCUT2D eigenvalue weighted by Gasteiger charge is 2.25. The van der Waals surface area contributed by atoms with Crippen LogP contribution < -0.4 is 5.32 Å². The maximum Gasteiger partial charge on any atom is 0.337 e. The number of hydrogen-bond acceptors (Lipinski definition) is 3. The van der Waals surface area contributed by atoms with E-state index in [0.717, 1.165) is 17.1 Å². The number of carbonyl (C=O) groups is 2. The van der Waals surface area contributed by atoms with Crippen LogP contribution in [-0.4, -0.2) is 46.1 Å². The van der Waals surface area contributed by atoms with E-state index < -0.39 is 5.97 Å². The summed E-state index contributed by atoms with van der Waals surface area (Å²) in [5.41, 5.74) is 1.25. The summed E-state index contributed by atoms with van der Waals surface area (Å²) in [6.45, 7) is 4.48. The Kier molecular flexibility index (Phi) is 4.54. The third kappa shape index (κ3) is 3.07. The van der Waals surface area contributed by atoms with Crippen LogP contribution in [0, 0.1) is 6.92 Å². The van der Waals surface area contributed by atoms with Gasteiger partial charge in [0.2, 0.25) is 0 Å². The molecule has 0 radical (unpaired) electrons. The number of carboxylic acids is 1. The van der Waals surface area contributed by atoms with E-state index in [4.69, 9.17) is 0 Å². The van der Waals surface area contributed by atoms with Gasteiger partial charge in [-0.2, -0.15) is 11.8 Å². The molecule has 1 unspecified atom stereocenters. The summed E-state index contributed by atoms with van der Waals surface area (Å²) in [4.78, 5) is 25.3. The van der Waals surface area contributed by atoms with Gasteiger partial charge in [0.1, 0.15) is 0 Å². The molecule has 1 saturated heterocycles. The minimum absolute atomic E-state index is 0.123. The van der Waals surface area contributed by atoms with Crippen molar-refractivity contribution in [3.05, 3.63) is 29.3 Å². The first kappa shape index (κ1) is 14.7. The Morgan fingerprint density at radius 1 is 1.45 bits per heavy atom. The van der Waals surface area contributed by atoms with Crippen molar-refractivity contribution in [3.63, 3.8) is 0 Å². The van der Waals surface area contributed by atoms with E-state index in [-0.39, 0.29) is 17.6 Å². The second-order valence-electron chi connectivity index (χ2n) is 4.85. The molecular weight excluding hydrogens is 276 g/mol. The second kappa shape index (κ2) is 6.17. The van der Waals surface area contributed by atoms with Crippen LogP contribution >= 0.6 is 11.8 Å². The van der Waals surface area contributed by atoms with Crippen LogP contribution in [-0.2, 0) is 0 Å². The van der Waals surface area contributed by atoms with E-state index >= 15 is 0 Å². The minimum atomic E-state index is -1.04. The largest absolute Gasteiger partial charge is 0.478 e. The Bertz CT molecular complexity index is 533. The Morgan fingerprint density at radius 2 is 2.20 bits per heavy atom. The molecule has 6 heteroatoms. The molecule has 1 aromatic rings. The van der Waals surface area contributed by atoms with E-state index in [0.29, 0.717) is 12.2 Å². The lowest BCUT2D eigenvalue weighted by atomic mass is 10.1. The van der Waals surface area contributed by atoms with Crippen molar-refractivity contribution >= 4 is 29.4 Å². The normalized spacial score (nSPS) is 18.7. The number of urea groups is 1. The standard InChI is InChI=1S/C14H18N2O3S/c1-9-4-3-5-11(13(17)18)12(9)15-14(19)16-6-7-20-8-10(16)2/h3-5,10H,6-8H2,1-2H3,(H,15,19)(H,17,18). The van der Waals surface area contributed by atoms with Gasteiger partial charge in [-0.1, -0.05) is 12.1 Å². The maximum atomic E-state index is 12.3. The molecular formula is C14H18N2O3S. The zero-order valence-corrected chi connectivity index (χ0v) is 12.4. The zero-order valence-electron chi connectivity index (χ0n) is 11.5. The molecule has 2 rings (SSSR count). The third-order valence-corrected chi connectivity index (χ3v) is 4.55. The molecule has 1 heterocycles. The number of aryl methyl sites for hydroxylation is 1. The summed E-state index contributed by atoms with van der Waals surface area (Å²) in [6, 6.07) is 4.90. The van der Waals surface area contributed by atoms with Crippen LogP contribution in [0.2, 0.25) is 0 Å². The number of aromatic carboxylic acids is 1. The van der Waals surface area contributed by atoms with Crippen molar-refractivity contribution in [2.75, 3.05) is 23.4 Å². The average Bonchev–Trinajstić information content (AvgIpc) is 2.41. The molecule has 2 amide bonds. The molecule has 1 atom stereocenters. The molecule has 0 saturated carbocycles. The van der Waals surface area contributed by atoms with E-state index in [1.165, 1.54) is 6.07 Å². The van der Waals surface area contributed by atoms with Gasteiger partial charge in [-0.25, -0.2) is 9.59 Å². The van der Waals surface area contributed by atoms with Gasteiger partial charge < -0.3 is 15.3 Å². The predicted octanol–water partition coefficient (Wildman–Crippen LogP) is 2.66. The predicted molar refractivity (Wildman–Crippen MR) is 80.7 cm³/mol. The fourth-order valence-electron chi connectivity index (χ4n) is 2.22. The van der Waals surface area contributed by atoms with Gasteiger partial charge in [-0.05, 0) is 25.5 Å². The van der Waals surface area contributed by atoms with Gasteiger partial charge in [-0.3, -0.25) is 0 Å². The minimum Gasteiger partial charge on any atom is -0.478 e. The number of carbonyl (C=O) groups excluding carboxylic acids is 1. The molecule has 1 aliphatic heterocycles. The lowest BCUT2D eigenvalue weighted by Crippen LogP contribution is -2.46. The van der Waals surface area contributed by atoms with Crippen molar-refractivity contribution < 1.29 is 14.7 Å². The number of anilines is 1. The maximum absolute atomic E-state index is 12.3. The Balaban J connectivity index is 2.21. The highest BCUT2D eigenvalue weighted by atomic mass is 32.2. The molecule has 0 aromatic heterocycles. The highest BCUT2D eigenvalue weighted by molar-refractivity contribution is 7.99. The summed E-state index contributed by atoms with van der Waals surface area (Å²) in [5.74, 6) is 0.788. The van der Waals surface area contributed by atoms with E-state index in [1.807, 2.05) is 18.7 Å². The topological polar surface area (TPSA) is 69.6 Å². The summed E-state index contributed by atoms with van der Waals surface area (Å²) in [5, 5.41) is 12.0. The molecule has 2 N–H and O–H groups in total. The summed E-state index contributed by atoms with van der Waals surface area (Å²) in [6.07, 6.45) is 0. The van der Waals surface area contributed by atoms with Crippen molar-refractivity contribution in [2.24, 2.45) is 0 Å². The Morgan fingerprint density at radius 3 is 2.85 bits per heavy atom. The quantitative estimate of drug-likeness (QED) is 0.880. The highest BCUT2D eigenvalue weighted by Crippen LogP contribution is 2.23. The number of benzene rings is 1. The fourth-order valence-corrected chi connectivity index (χ4v) is 3.23. The molecule has 20 heavy (non-hydrogen) atoms. The first-order valence-electron chi connectivity index (χ1n) is 6.49. The van der Waals surface area contributed by atoms with Crippen molar-refractivity contribution in [3.8, 4) is 0 Å². The summed E-state index contributed by atoms with van der Waals surface area (Å²) < 4.78 is 0. The molecule has 0 bridgehead atoms. The summed E-state index contributed by atoms with van der Waals surface area (Å²) in [7, 11) is 0. The van der Waals surface area contributed by atoms with Crippen LogP contribution in [0.3, 0.4) is 0 Å². The van der Waals surface area contributed by atoms with Gasteiger partial charge >= 0.3 is 12.0 Å². The Labute approximate surface area is 122 Å². The van der Waals surface area contributed by atoms with Gasteiger partial charge in [0.15, 0.2) is 0 Å². The molecule has 0 aliphatic carbocycles. The number of nitrogens with zero attached hydrogens (tertiary/aromatic N) is 1. The van der Waals surface area contributed by atoms with Crippen LogP contribution in [0.1, 0.15) is 22.8 Å². The van der Waals surface area contributed by atoms with Crippen molar-refractivity contribution in [2.45, 2.75) is 19.9 Å². The smallest absolute Gasteiger partial charge is 0.337 e. The molecule has 108 valence electrons. The molecule has 1 aromatic carbocycles. The zero-order chi connectivity index (χ0) is 14.7. The third-order valence-electron chi connectivity index (χ3n) is 3.36. The lowest BCUT2D eigenvalue weighted by molar-refractivity contribution is 0.0698. The number of carboxylic acid groups (broad SMARTS) is 1. The van der Waals surface area contributed by atoms with Crippen LogP contribution in [0.5, 0.6) is 0 Å². The number of rotatable bonds is 2. The first-order valence-corrected chi connectivity index (χ1v) is 7.64. The SMILES string of the molecule is Cc1cccc(C(=O)O)c1NC(=O)N1CCSCC1C. The van der Waals surface area contributed by atoms with Gasteiger partial charge in [-0.15, -0.1) is 0 Å². The molecule has 1 aliphatic rings. The molecule has 1 fully saturated rings.